The normalized spacial score (nSPS) is 10.7. The monoisotopic (exact) mass is 285 g/mol. The van der Waals surface area contributed by atoms with Crippen LogP contribution in [0.5, 0.6) is 0 Å². The molecule has 0 aliphatic rings. The molecule has 1 heterocycles. The fourth-order valence-corrected chi connectivity index (χ4v) is 2.45. The number of aldehydes is 1. The Balaban J connectivity index is 2.69. The molecule has 0 saturated heterocycles. The van der Waals surface area contributed by atoms with Crippen molar-refractivity contribution >= 4 is 29.5 Å². The predicted molar refractivity (Wildman–Crippen MR) is 70.6 cm³/mol. The highest BCUT2D eigenvalue weighted by Gasteiger charge is 2.13. The molecule has 0 spiro atoms. The molecule has 1 aromatic heterocycles. The number of hydrogen-bond acceptors (Lipinski definition) is 1. The van der Waals surface area contributed by atoms with Gasteiger partial charge in [0.05, 0.1) is 10.0 Å². The van der Waals surface area contributed by atoms with Crippen LogP contribution in [0.3, 0.4) is 0 Å². The van der Waals surface area contributed by atoms with Crippen molar-refractivity contribution in [2.24, 2.45) is 0 Å². The number of aryl methyl sites for hydroxylation is 1. The molecule has 94 valence electrons. The Morgan fingerprint density at radius 2 is 1.72 bits per heavy atom. The fraction of sp³-hybridized carbons (Fsp3) is 0.154. The van der Waals surface area contributed by atoms with Gasteiger partial charge >= 0.3 is 0 Å². The van der Waals surface area contributed by atoms with Gasteiger partial charge in [0, 0.05) is 22.6 Å². The van der Waals surface area contributed by atoms with E-state index in [1.54, 1.807) is 10.6 Å². The van der Waals surface area contributed by atoms with Crippen LogP contribution in [0.2, 0.25) is 10.0 Å². The maximum Gasteiger partial charge on any atom is 0.160 e. The Labute approximate surface area is 114 Å². The van der Waals surface area contributed by atoms with E-state index < -0.39 is 5.82 Å². The molecule has 1 aromatic carbocycles. The summed E-state index contributed by atoms with van der Waals surface area (Å²) in [6.07, 6.45) is 0.783. The number of carbonyl (C=O) groups is 1. The van der Waals surface area contributed by atoms with Crippen LogP contribution in [-0.2, 0) is 0 Å². The average molecular weight is 286 g/mol. The lowest BCUT2D eigenvalue weighted by atomic mass is 10.2. The molecule has 18 heavy (non-hydrogen) atoms. The Bertz CT molecular complexity index is 611. The molecule has 0 N–H and O–H groups in total. The van der Waals surface area contributed by atoms with Gasteiger partial charge in [-0.3, -0.25) is 4.79 Å². The third kappa shape index (κ3) is 2.04. The molecule has 2 rings (SSSR count). The first-order valence-corrected chi connectivity index (χ1v) is 6.00. The van der Waals surface area contributed by atoms with Crippen molar-refractivity contribution in [2.45, 2.75) is 13.8 Å². The van der Waals surface area contributed by atoms with Crippen LogP contribution in [0.15, 0.2) is 18.2 Å². The van der Waals surface area contributed by atoms with Crippen LogP contribution in [-0.4, -0.2) is 10.9 Å². The molecular formula is C13H10Cl2FNO. The molecular weight excluding hydrogens is 276 g/mol. The number of aromatic nitrogens is 1. The average Bonchev–Trinajstić information content (AvgIpc) is 2.60. The van der Waals surface area contributed by atoms with E-state index in [9.17, 15) is 9.18 Å². The summed E-state index contributed by atoms with van der Waals surface area (Å²) < 4.78 is 15.2. The van der Waals surface area contributed by atoms with Gasteiger partial charge in [0.1, 0.15) is 0 Å². The smallest absolute Gasteiger partial charge is 0.160 e. The van der Waals surface area contributed by atoms with Crippen molar-refractivity contribution in [2.75, 3.05) is 0 Å². The molecule has 0 aliphatic carbocycles. The first-order valence-electron chi connectivity index (χ1n) is 5.24. The molecule has 2 nitrogen and oxygen atoms in total. The molecule has 5 heteroatoms. The van der Waals surface area contributed by atoms with E-state index in [1.165, 1.54) is 12.1 Å². The van der Waals surface area contributed by atoms with Gasteiger partial charge in [-0.2, -0.15) is 0 Å². The summed E-state index contributed by atoms with van der Waals surface area (Å²) in [5, 5.41) is -0.0877. The minimum absolute atomic E-state index is 0.0438. The van der Waals surface area contributed by atoms with E-state index in [0.717, 1.165) is 17.7 Å². The third-order valence-electron chi connectivity index (χ3n) is 2.82. The molecule has 2 aromatic rings. The Hall–Kier alpha value is -1.32. The summed E-state index contributed by atoms with van der Waals surface area (Å²) in [5.74, 6) is -0.639. The van der Waals surface area contributed by atoms with Gasteiger partial charge in [-0.15, -0.1) is 0 Å². The number of benzene rings is 1. The van der Waals surface area contributed by atoms with Crippen molar-refractivity contribution in [3.05, 3.63) is 51.0 Å². The quantitative estimate of drug-likeness (QED) is 0.594. The summed E-state index contributed by atoms with van der Waals surface area (Å²) >= 11 is 11.5. The highest BCUT2D eigenvalue weighted by atomic mass is 35.5. The van der Waals surface area contributed by atoms with E-state index in [4.69, 9.17) is 23.2 Å². The zero-order valence-electron chi connectivity index (χ0n) is 9.80. The second-order valence-corrected chi connectivity index (χ2v) is 4.82. The molecule has 0 bridgehead atoms. The number of halogens is 3. The van der Waals surface area contributed by atoms with E-state index in [2.05, 4.69) is 0 Å². The molecule has 0 aliphatic heterocycles. The molecule has 0 amide bonds. The second-order valence-electron chi connectivity index (χ2n) is 4.00. The second kappa shape index (κ2) is 4.75. The summed E-state index contributed by atoms with van der Waals surface area (Å²) in [5.41, 5.74) is 2.84. The predicted octanol–water partition coefficient (Wildman–Crippen LogP) is 4.35. The van der Waals surface area contributed by atoms with Gasteiger partial charge in [-0.1, -0.05) is 23.2 Å². The Morgan fingerprint density at radius 3 is 2.17 bits per heavy atom. The zero-order valence-corrected chi connectivity index (χ0v) is 11.3. The fourth-order valence-electron chi connectivity index (χ4n) is 1.98. The number of nitrogens with zero attached hydrogens (tertiary/aromatic N) is 1. The standard InChI is InChI=1S/C13H10Cl2FNO/c1-7-3-9(6-18)8(2)17(7)10-4-11(14)13(16)12(15)5-10/h3-6H,1-2H3. The van der Waals surface area contributed by atoms with Crippen LogP contribution in [0, 0.1) is 19.7 Å². The number of carbonyl (C=O) groups excluding carboxylic acids is 1. The van der Waals surface area contributed by atoms with Crippen LogP contribution in [0.4, 0.5) is 4.39 Å². The molecule has 0 atom stereocenters. The van der Waals surface area contributed by atoms with E-state index in [1.807, 2.05) is 13.8 Å². The molecule has 0 unspecified atom stereocenters. The van der Waals surface area contributed by atoms with Crippen molar-refractivity contribution in [1.82, 2.24) is 4.57 Å². The van der Waals surface area contributed by atoms with E-state index in [-0.39, 0.29) is 10.0 Å². The summed E-state index contributed by atoms with van der Waals surface area (Å²) in [7, 11) is 0. The first-order chi connectivity index (χ1) is 8.45. The van der Waals surface area contributed by atoms with Gasteiger partial charge in [0.15, 0.2) is 12.1 Å². The van der Waals surface area contributed by atoms with Gasteiger partial charge in [-0.25, -0.2) is 4.39 Å². The maximum absolute atomic E-state index is 13.4. The maximum atomic E-state index is 13.4. The minimum atomic E-state index is -0.639. The van der Waals surface area contributed by atoms with E-state index in [0.29, 0.717) is 11.3 Å². The lowest BCUT2D eigenvalue weighted by molar-refractivity contribution is 0.112. The SMILES string of the molecule is Cc1cc(C=O)c(C)n1-c1cc(Cl)c(F)c(Cl)c1. The Morgan fingerprint density at radius 1 is 1.17 bits per heavy atom. The van der Waals surface area contributed by atoms with Crippen LogP contribution >= 0.6 is 23.2 Å². The van der Waals surface area contributed by atoms with Crippen LogP contribution < -0.4 is 0 Å². The van der Waals surface area contributed by atoms with Crippen molar-refractivity contribution in [1.29, 1.82) is 0 Å². The minimum Gasteiger partial charge on any atom is -0.318 e. The van der Waals surface area contributed by atoms with Gasteiger partial charge < -0.3 is 4.57 Å². The van der Waals surface area contributed by atoms with Gasteiger partial charge in [-0.05, 0) is 32.0 Å². The zero-order chi connectivity index (χ0) is 13.4. The van der Waals surface area contributed by atoms with Crippen molar-refractivity contribution in [3.63, 3.8) is 0 Å². The molecule has 0 fully saturated rings. The Kier molecular flexibility index (Phi) is 3.46. The van der Waals surface area contributed by atoms with Gasteiger partial charge in [0.25, 0.3) is 0 Å². The van der Waals surface area contributed by atoms with Crippen LogP contribution in [0.25, 0.3) is 5.69 Å². The molecule has 0 saturated carbocycles. The third-order valence-corrected chi connectivity index (χ3v) is 3.37. The van der Waals surface area contributed by atoms with Gasteiger partial charge in [0.2, 0.25) is 0 Å². The molecule has 0 radical (unpaired) electrons. The van der Waals surface area contributed by atoms with Crippen molar-refractivity contribution in [3.8, 4) is 5.69 Å². The summed E-state index contributed by atoms with van der Waals surface area (Å²) in [6.45, 7) is 3.66. The lowest BCUT2D eigenvalue weighted by Gasteiger charge is -2.11. The number of hydrogen-bond donors (Lipinski definition) is 0. The number of rotatable bonds is 2. The van der Waals surface area contributed by atoms with Crippen molar-refractivity contribution < 1.29 is 9.18 Å². The first kappa shape index (κ1) is 13.1. The van der Waals surface area contributed by atoms with E-state index >= 15 is 0 Å². The summed E-state index contributed by atoms with van der Waals surface area (Å²) in [6, 6.07) is 4.72. The van der Waals surface area contributed by atoms with Crippen LogP contribution in [0.1, 0.15) is 21.7 Å². The highest BCUT2D eigenvalue weighted by Crippen LogP contribution is 2.29. The topological polar surface area (TPSA) is 22.0 Å². The largest absolute Gasteiger partial charge is 0.318 e. The highest BCUT2D eigenvalue weighted by molar-refractivity contribution is 6.35. The summed E-state index contributed by atoms with van der Waals surface area (Å²) in [4.78, 5) is 10.9. The lowest BCUT2D eigenvalue weighted by Crippen LogP contribution is -2.00.